The molecule has 4 heteroatoms. The van der Waals surface area contributed by atoms with Crippen molar-refractivity contribution < 1.29 is 4.39 Å². The van der Waals surface area contributed by atoms with Crippen molar-refractivity contribution in [2.75, 3.05) is 17.2 Å². The Morgan fingerprint density at radius 3 is 2.59 bits per heavy atom. The lowest BCUT2D eigenvalue weighted by atomic mass is 10.2. The largest absolute Gasteiger partial charge is 0.397 e. The molecule has 1 aromatic heterocycles. The van der Waals surface area contributed by atoms with Gasteiger partial charge in [0, 0.05) is 6.54 Å². The molecule has 2 rings (SSSR count). The zero-order valence-corrected chi connectivity index (χ0v) is 9.60. The molecule has 0 spiro atoms. The van der Waals surface area contributed by atoms with Gasteiger partial charge in [-0.1, -0.05) is 12.1 Å². The summed E-state index contributed by atoms with van der Waals surface area (Å²) in [6, 6.07) is 10.2. The van der Waals surface area contributed by atoms with Gasteiger partial charge < -0.3 is 10.6 Å². The van der Waals surface area contributed by atoms with Crippen LogP contribution in [0.1, 0.15) is 6.92 Å². The highest BCUT2D eigenvalue weighted by Crippen LogP contribution is 2.25. The highest BCUT2D eigenvalue weighted by Gasteiger charge is 2.11. The Labute approximate surface area is 99.7 Å². The summed E-state index contributed by atoms with van der Waals surface area (Å²) in [5.74, 6) is 0.430. The first kappa shape index (κ1) is 11.4. The first-order valence-corrected chi connectivity index (χ1v) is 5.46. The SMILES string of the molecule is CCN(c1ccc(N)cn1)c1ccccc1F. The molecule has 0 aliphatic rings. The first-order valence-electron chi connectivity index (χ1n) is 5.46. The summed E-state index contributed by atoms with van der Waals surface area (Å²) in [5.41, 5.74) is 6.70. The van der Waals surface area contributed by atoms with Gasteiger partial charge in [0.1, 0.15) is 11.6 Å². The Morgan fingerprint density at radius 2 is 2.00 bits per heavy atom. The van der Waals surface area contributed by atoms with Crippen LogP contribution in [0.2, 0.25) is 0 Å². The van der Waals surface area contributed by atoms with Gasteiger partial charge in [0.25, 0.3) is 0 Å². The highest BCUT2D eigenvalue weighted by molar-refractivity contribution is 5.61. The minimum Gasteiger partial charge on any atom is -0.397 e. The van der Waals surface area contributed by atoms with E-state index in [0.29, 0.717) is 23.7 Å². The van der Waals surface area contributed by atoms with Crippen LogP contribution in [0.15, 0.2) is 42.6 Å². The number of hydrogen-bond acceptors (Lipinski definition) is 3. The molecule has 0 amide bonds. The van der Waals surface area contributed by atoms with E-state index in [1.54, 1.807) is 41.4 Å². The molecule has 0 saturated carbocycles. The van der Waals surface area contributed by atoms with Crippen LogP contribution in [0.25, 0.3) is 0 Å². The molecule has 0 unspecified atom stereocenters. The molecule has 0 atom stereocenters. The van der Waals surface area contributed by atoms with Crippen molar-refractivity contribution in [3.05, 3.63) is 48.4 Å². The normalized spacial score (nSPS) is 10.2. The van der Waals surface area contributed by atoms with E-state index in [1.807, 2.05) is 6.92 Å². The van der Waals surface area contributed by atoms with E-state index in [0.717, 1.165) is 0 Å². The standard InChI is InChI=1S/C13H14FN3/c1-2-17(12-6-4-3-5-11(12)14)13-8-7-10(15)9-16-13/h3-9H,2,15H2,1H3. The summed E-state index contributed by atoms with van der Waals surface area (Å²) in [5, 5.41) is 0. The van der Waals surface area contributed by atoms with Crippen molar-refractivity contribution in [1.82, 2.24) is 4.98 Å². The van der Waals surface area contributed by atoms with Gasteiger partial charge in [0.2, 0.25) is 0 Å². The number of benzene rings is 1. The number of hydrogen-bond donors (Lipinski definition) is 1. The average molecular weight is 231 g/mol. The zero-order chi connectivity index (χ0) is 12.3. The third-order valence-corrected chi connectivity index (χ3v) is 2.51. The van der Waals surface area contributed by atoms with Crippen LogP contribution in [0.4, 0.5) is 21.6 Å². The van der Waals surface area contributed by atoms with Crippen molar-refractivity contribution in [1.29, 1.82) is 0 Å². The summed E-state index contributed by atoms with van der Waals surface area (Å²) >= 11 is 0. The number of nitrogens with zero attached hydrogens (tertiary/aromatic N) is 2. The fraction of sp³-hybridized carbons (Fsp3) is 0.154. The van der Waals surface area contributed by atoms with Crippen molar-refractivity contribution >= 4 is 17.2 Å². The van der Waals surface area contributed by atoms with Crippen LogP contribution in [-0.4, -0.2) is 11.5 Å². The Balaban J connectivity index is 2.40. The average Bonchev–Trinajstić information content (AvgIpc) is 2.35. The fourth-order valence-corrected chi connectivity index (χ4v) is 1.68. The Kier molecular flexibility index (Phi) is 3.23. The minimum absolute atomic E-state index is 0.257. The third kappa shape index (κ3) is 2.36. The zero-order valence-electron chi connectivity index (χ0n) is 9.60. The van der Waals surface area contributed by atoms with Crippen LogP contribution in [0, 0.1) is 5.82 Å². The number of aromatic nitrogens is 1. The summed E-state index contributed by atoms with van der Waals surface area (Å²) in [6.07, 6.45) is 1.57. The molecule has 88 valence electrons. The van der Waals surface area contributed by atoms with Crippen molar-refractivity contribution in [3.63, 3.8) is 0 Å². The second-order valence-electron chi connectivity index (χ2n) is 3.65. The van der Waals surface area contributed by atoms with Gasteiger partial charge >= 0.3 is 0 Å². The molecule has 2 aromatic rings. The molecule has 17 heavy (non-hydrogen) atoms. The van der Waals surface area contributed by atoms with Crippen LogP contribution >= 0.6 is 0 Å². The van der Waals surface area contributed by atoms with E-state index in [-0.39, 0.29) is 5.82 Å². The molecule has 0 radical (unpaired) electrons. The molecule has 0 aliphatic heterocycles. The molecular weight excluding hydrogens is 217 g/mol. The van der Waals surface area contributed by atoms with E-state index in [1.165, 1.54) is 6.07 Å². The molecule has 0 fully saturated rings. The monoisotopic (exact) mass is 231 g/mol. The molecule has 0 aliphatic carbocycles. The van der Waals surface area contributed by atoms with Gasteiger partial charge in [-0.25, -0.2) is 9.37 Å². The quantitative estimate of drug-likeness (QED) is 0.883. The highest BCUT2D eigenvalue weighted by atomic mass is 19.1. The number of para-hydroxylation sites is 1. The first-order chi connectivity index (χ1) is 8.22. The maximum Gasteiger partial charge on any atom is 0.146 e. The van der Waals surface area contributed by atoms with Gasteiger partial charge in [-0.15, -0.1) is 0 Å². The number of halogens is 1. The number of pyridine rings is 1. The van der Waals surface area contributed by atoms with E-state index in [4.69, 9.17) is 5.73 Å². The lowest BCUT2D eigenvalue weighted by Gasteiger charge is -2.22. The summed E-state index contributed by atoms with van der Waals surface area (Å²) in [4.78, 5) is 6.00. The second kappa shape index (κ2) is 4.82. The third-order valence-electron chi connectivity index (χ3n) is 2.51. The lowest BCUT2D eigenvalue weighted by Crippen LogP contribution is -2.18. The van der Waals surface area contributed by atoms with Crippen molar-refractivity contribution in [2.45, 2.75) is 6.92 Å². The molecule has 1 aromatic carbocycles. The molecule has 0 saturated heterocycles. The second-order valence-corrected chi connectivity index (χ2v) is 3.65. The maximum atomic E-state index is 13.7. The lowest BCUT2D eigenvalue weighted by molar-refractivity contribution is 0.625. The number of rotatable bonds is 3. The van der Waals surface area contributed by atoms with Crippen LogP contribution in [-0.2, 0) is 0 Å². The van der Waals surface area contributed by atoms with Crippen molar-refractivity contribution in [3.8, 4) is 0 Å². The predicted molar refractivity (Wildman–Crippen MR) is 67.7 cm³/mol. The fourth-order valence-electron chi connectivity index (χ4n) is 1.68. The summed E-state index contributed by atoms with van der Waals surface area (Å²) in [6.45, 7) is 2.59. The van der Waals surface area contributed by atoms with Gasteiger partial charge in [-0.2, -0.15) is 0 Å². The molecule has 2 N–H and O–H groups in total. The van der Waals surface area contributed by atoms with Crippen molar-refractivity contribution in [2.24, 2.45) is 0 Å². The predicted octanol–water partition coefficient (Wildman–Crippen LogP) is 2.96. The summed E-state index contributed by atoms with van der Waals surface area (Å²) < 4.78 is 13.7. The van der Waals surface area contributed by atoms with Gasteiger partial charge in [-0.05, 0) is 31.2 Å². The smallest absolute Gasteiger partial charge is 0.146 e. The van der Waals surface area contributed by atoms with Gasteiger partial charge in [-0.3, -0.25) is 0 Å². The Morgan fingerprint density at radius 1 is 1.24 bits per heavy atom. The van der Waals surface area contributed by atoms with Crippen LogP contribution in [0.3, 0.4) is 0 Å². The van der Waals surface area contributed by atoms with E-state index >= 15 is 0 Å². The minimum atomic E-state index is -0.257. The maximum absolute atomic E-state index is 13.7. The van der Waals surface area contributed by atoms with E-state index < -0.39 is 0 Å². The molecule has 0 bridgehead atoms. The van der Waals surface area contributed by atoms with Crippen LogP contribution in [0.5, 0.6) is 0 Å². The number of anilines is 3. The number of nitrogen functional groups attached to an aromatic ring is 1. The topological polar surface area (TPSA) is 42.1 Å². The van der Waals surface area contributed by atoms with Crippen LogP contribution < -0.4 is 10.6 Å². The Hall–Kier alpha value is -2.10. The summed E-state index contributed by atoms with van der Waals surface area (Å²) in [7, 11) is 0. The van der Waals surface area contributed by atoms with E-state index in [2.05, 4.69) is 4.98 Å². The van der Waals surface area contributed by atoms with Gasteiger partial charge in [0.05, 0.1) is 17.6 Å². The van der Waals surface area contributed by atoms with E-state index in [9.17, 15) is 4.39 Å². The van der Waals surface area contributed by atoms with Gasteiger partial charge in [0.15, 0.2) is 0 Å². The molecule has 3 nitrogen and oxygen atoms in total. The molecule has 1 heterocycles. The molecular formula is C13H14FN3. The number of nitrogens with two attached hydrogens (primary N) is 1. The Bertz CT molecular complexity index is 496.